The van der Waals surface area contributed by atoms with E-state index in [0.29, 0.717) is 25.0 Å². The molecule has 0 heterocycles. The van der Waals surface area contributed by atoms with Gasteiger partial charge in [-0.3, -0.25) is 13.8 Å². The van der Waals surface area contributed by atoms with E-state index in [4.69, 9.17) is 4.18 Å². The third kappa shape index (κ3) is 4.50. The molecule has 2 N–H and O–H groups in total. The molecule has 11 atom stereocenters. The molecule has 2 spiro atoms. The van der Waals surface area contributed by atoms with Gasteiger partial charge >= 0.3 is 0 Å². The SMILES string of the molecule is Cc1ccc(S(=O)(=O)OC[C@@]2(C)C3CCC4[C@]5(C)C[C@@H](O)[C@H]([C@H](C)N(C)C)[C@@]5(C)CC(=O)[C@]45CC35CC[C@@H]2NC(=O)C(C)C)cc1. The van der Waals surface area contributed by atoms with Gasteiger partial charge in [0.2, 0.25) is 5.91 Å². The first-order valence-electron chi connectivity index (χ1n) is 17.4. The van der Waals surface area contributed by atoms with Crippen molar-refractivity contribution in [2.45, 2.75) is 116 Å². The fourth-order valence-corrected chi connectivity index (χ4v) is 13.0. The van der Waals surface area contributed by atoms with Gasteiger partial charge in [-0.15, -0.1) is 0 Å². The summed E-state index contributed by atoms with van der Waals surface area (Å²) in [5.41, 5.74) is -0.937. The number of hydrogen-bond donors (Lipinski definition) is 2. The van der Waals surface area contributed by atoms with Crippen LogP contribution in [0.15, 0.2) is 29.2 Å². The van der Waals surface area contributed by atoms with Crippen LogP contribution in [0.5, 0.6) is 0 Å². The molecule has 0 radical (unpaired) electrons. The van der Waals surface area contributed by atoms with Gasteiger partial charge in [0.1, 0.15) is 5.78 Å². The quantitative estimate of drug-likeness (QED) is 0.363. The zero-order valence-corrected chi connectivity index (χ0v) is 30.2. The highest BCUT2D eigenvalue weighted by molar-refractivity contribution is 7.86. The van der Waals surface area contributed by atoms with Crippen LogP contribution in [0.4, 0.5) is 0 Å². The minimum absolute atomic E-state index is 0.00820. The van der Waals surface area contributed by atoms with Crippen LogP contribution in [-0.2, 0) is 23.9 Å². The van der Waals surface area contributed by atoms with Crippen molar-refractivity contribution >= 4 is 21.8 Å². The van der Waals surface area contributed by atoms with Crippen LogP contribution in [-0.4, -0.2) is 69.0 Å². The number of Topliss-reactive ketones (excluding diaryl/α,β-unsaturated/α-hetero) is 1. The Hall–Kier alpha value is -1.81. The van der Waals surface area contributed by atoms with Gasteiger partial charge in [-0.05, 0) is 107 Å². The van der Waals surface area contributed by atoms with Crippen molar-refractivity contribution in [1.29, 1.82) is 0 Å². The maximum atomic E-state index is 14.8. The monoisotopic (exact) mass is 656 g/mol. The van der Waals surface area contributed by atoms with Gasteiger partial charge in [-0.1, -0.05) is 52.3 Å². The van der Waals surface area contributed by atoms with Gasteiger partial charge in [0, 0.05) is 41.2 Å². The summed E-state index contributed by atoms with van der Waals surface area (Å²) in [6.45, 7) is 14.5. The lowest BCUT2D eigenvalue weighted by molar-refractivity contribution is -0.173. The summed E-state index contributed by atoms with van der Waals surface area (Å²) in [7, 11) is 0.0840. The second-order valence-electron chi connectivity index (χ2n) is 17.2. The van der Waals surface area contributed by atoms with E-state index in [0.717, 1.165) is 31.2 Å². The van der Waals surface area contributed by atoms with Gasteiger partial charge < -0.3 is 15.3 Å². The van der Waals surface area contributed by atoms with E-state index in [-0.39, 0.29) is 69.4 Å². The Morgan fingerprint density at radius 2 is 1.67 bits per heavy atom. The Labute approximate surface area is 276 Å². The van der Waals surface area contributed by atoms with Crippen molar-refractivity contribution in [3.8, 4) is 0 Å². The minimum Gasteiger partial charge on any atom is -0.393 e. The predicted molar refractivity (Wildman–Crippen MR) is 177 cm³/mol. The Balaban J connectivity index is 1.36. The smallest absolute Gasteiger partial charge is 0.296 e. The van der Waals surface area contributed by atoms with Gasteiger partial charge in [0.25, 0.3) is 10.1 Å². The van der Waals surface area contributed by atoms with Crippen LogP contribution in [0.2, 0.25) is 0 Å². The van der Waals surface area contributed by atoms with E-state index >= 15 is 0 Å². The zero-order chi connectivity index (χ0) is 33.8. The first kappa shape index (κ1) is 34.1. The number of aliphatic hydroxyl groups excluding tert-OH is 1. The second kappa shape index (κ2) is 10.8. The van der Waals surface area contributed by atoms with E-state index in [1.54, 1.807) is 24.3 Å². The molecule has 0 aliphatic heterocycles. The molecule has 46 heavy (non-hydrogen) atoms. The lowest BCUT2D eigenvalue weighted by Gasteiger charge is -2.63. The Kier molecular flexibility index (Phi) is 8.03. The summed E-state index contributed by atoms with van der Waals surface area (Å²) in [5, 5.41) is 14.9. The lowest BCUT2D eigenvalue weighted by atomic mass is 9.41. The van der Waals surface area contributed by atoms with Crippen LogP contribution in [0.3, 0.4) is 0 Å². The highest BCUT2D eigenvalue weighted by atomic mass is 32.2. The van der Waals surface area contributed by atoms with E-state index in [1.165, 1.54) is 0 Å². The van der Waals surface area contributed by atoms with Crippen molar-refractivity contribution in [1.82, 2.24) is 10.2 Å². The fraction of sp³-hybridized carbons (Fsp3) is 0.784. The number of hydrogen-bond acceptors (Lipinski definition) is 7. The average molecular weight is 657 g/mol. The third-order valence-electron chi connectivity index (χ3n) is 14.7. The number of aryl methyl sites for hydroxylation is 1. The molecule has 5 saturated carbocycles. The predicted octanol–water partition coefficient (Wildman–Crippen LogP) is 5.36. The summed E-state index contributed by atoms with van der Waals surface area (Å²) in [6.07, 6.45) is 4.73. The molecule has 3 unspecified atom stereocenters. The zero-order valence-electron chi connectivity index (χ0n) is 29.4. The molecular weight excluding hydrogens is 600 g/mol. The van der Waals surface area contributed by atoms with Gasteiger partial charge in [0.05, 0.1) is 17.6 Å². The van der Waals surface area contributed by atoms with Crippen LogP contribution < -0.4 is 5.32 Å². The molecule has 1 amide bonds. The summed E-state index contributed by atoms with van der Waals surface area (Å²) in [6, 6.07) is 6.56. The number of rotatable bonds is 8. The number of ketones is 1. The lowest BCUT2D eigenvalue weighted by Crippen LogP contribution is -2.64. The summed E-state index contributed by atoms with van der Waals surface area (Å²) >= 11 is 0. The maximum Gasteiger partial charge on any atom is 0.296 e. The molecule has 6 rings (SSSR count). The van der Waals surface area contributed by atoms with Gasteiger partial charge in [0.15, 0.2) is 0 Å². The molecule has 5 fully saturated rings. The normalized spacial score (nSPS) is 43.8. The van der Waals surface area contributed by atoms with Crippen LogP contribution in [0.1, 0.15) is 92.1 Å². The Bertz CT molecular complexity index is 1510. The second-order valence-corrected chi connectivity index (χ2v) is 18.8. The number of nitrogens with zero attached hydrogens (tertiary/aromatic N) is 1. The summed E-state index contributed by atoms with van der Waals surface area (Å²) in [5.74, 6) is 0.284. The number of benzene rings is 1. The van der Waals surface area contributed by atoms with Crippen LogP contribution in [0.25, 0.3) is 0 Å². The standard InChI is InChI=1S/C37H56N2O6S/c1-22(2)32(42)38-29-16-17-36-20-37(36)28(34(6)18-26(40)31(24(4)39(8)9)35(34,7)19-30(37)41)15-14-27(36)33(29,5)21-45-46(43,44)25-12-10-23(3)11-13-25/h10-13,22,24,26-29,31,40H,14-21H2,1-9H3,(H,38,42)/t24-,26+,27?,28?,29-,31-,33-,34-,35+,36?,37-/m0/s1. The average Bonchev–Trinajstić information content (AvgIpc) is 3.61. The molecule has 0 bridgehead atoms. The first-order valence-corrected chi connectivity index (χ1v) is 18.9. The van der Waals surface area contributed by atoms with E-state index < -0.39 is 27.1 Å². The number of carbonyl (C=O) groups is 2. The molecular formula is C37H56N2O6S. The van der Waals surface area contributed by atoms with Gasteiger partial charge in [-0.2, -0.15) is 8.42 Å². The molecule has 1 aromatic rings. The molecule has 256 valence electrons. The number of nitrogens with one attached hydrogen (secondary N) is 1. The molecule has 1 aromatic carbocycles. The van der Waals surface area contributed by atoms with Crippen molar-refractivity contribution in [3.05, 3.63) is 29.8 Å². The first-order chi connectivity index (χ1) is 21.3. The van der Waals surface area contributed by atoms with Crippen LogP contribution in [0, 0.1) is 57.7 Å². The van der Waals surface area contributed by atoms with E-state index in [1.807, 2.05) is 20.8 Å². The Morgan fingerprint density at radius 1 is 1.04 bits per heavy atom. The highest BCUT2D eigenvalue weighted by Gasteiger charge is 2.86. The number of carbonyl (C=O) groups excluding carboxylic acids is 2. The van der Waals surface area contributed by atoms with Crippen LogP contribution >= 0.6 is 0 Å². The number of aliphatic hydroxyl groups is 1. The molecule has 8 nitrogen and oxygen atoms in total. The van der Waals surface area contributed by atoms with E-state index in [2.05, 4.69) is 52.0 Å². The summed E-state index contributed by atoms with van der Waals surface area (Å²) < 4.78 is 32.9. The maximum absolute atomic E-state index is 14.8. The van der Waals surface area contributed by atoms with Crippen molar-refractivity contribution in [3.63, 3.8) is 0 Å². The topological polar surface area (TPSA) is 113 Å². The number of amides is 1. The van der Waals surface area contributed by atoms with E-state index in [9.17, 15) is 23.1 Å². The van der Waals surface area contributed by atoms with Crippen molar-refractivity contribution in [2.75, 3.05) is 20.7 Å². The number of fused-ring (bicyclic) bond motifs is 2. The van der Waals surface area contributed by atoms with Crippen molar-refractivity contribution in [2.24, 2.45) is 50.7 Å². The highest BCUT2D eigenvalue weighted by Crippen LogP contribution is 2.88. The molecule has 0 aromatic heterocycles. The third-order valence-corrected chi connectivity index (χ3v) is 16.0. The molecule has 5 aliphatic carbocycles. The Morgan fingerprint density at radius 3 is 2.28 bits per heavy atom. The summed E-state index contributed by atoms with van der Waals surface area (Å²) in [4.78, 5) is 30.2. The largest absolute Gasteiger partial charge is 0.393 e. The van der Waals surface area contributed by atoms with Crippen molar-refractivity contribution < 1.29 is 27.3 Å². The van der Waals surface area contributed by atoms with Gasteiger partial charge in [-0.25, -0.2) is 0 Å². The fourth-order valence-electron chi connectivity index (χ4n) is 11.9. The molecule has 9 heteroatoms. The molecule has 5 aliphatic rings. The molecule has 0 saturated heterocycles. The minimum atomic E-state index is -4.03.